The Balaban J connectivity index is 1.79. The number of methoxy groups -OCH3 is 1. The van der Waals surface area contributed by atoms with Gasteiger partial charge in [0.1, 0.15) is 5.75 Å². The van der Waals surface area contributed by atoms with Crippen LogP contribution < -0.4 is 16.0 Å². The van der Waals surface area contributed by atoms with E-state index in [0.717, 1.165) is 25.4 Å². The molecule has 104 valence electrons. The number of hydrogen-bond donors (Lipinski definition) is 2. The SMILES string of the molecule is COc1ccc(C(NN)C2CN3CCN2CC3)cc1. The van der Waals surface area contributed by atoms with Gasteiger partial charge in [-0.1, -0.05) is 12.1 Å². The van der Waals surface area contributed by atoms with E-state index in [4.69, 9.17) is 10.6 Å². The van der Waals surface area contributed by atoms with Crippen molar-refractivity contribution in [3.8, 4) is 5.75 Å². The van der Waals surface area contributed by atoms with Crippen LogP contribution in [0.5, 0.6) is 5.75 Å². The van der Waals surface area contributed by atoms with Gasteiger partial charge in [-0.15, -0.1) is 0 Å². The Labute approximate surface area is 114 Å². The lowest BCUT2D eigenvalue weighted by Crippen LogP contribution is -2.64. The van der Waals surface area contributed by atoms with E-state index in [1.807, 2.05) is 12.1 Å². The highest BCUT2D eigenvalue weighted by molar-refractivity contribution is 5.30. The Morgan fingerprint density at radius 3 is 2.37 bits per heavy atom. The molecule has 3 N–H and O–H groups in total. The fourth-order valence-electron chi connectivity index (χ4n) is 3.21. The Hall–Kier alpha value is -1.14. The minimum atomic E-state index is 0.175. The van der Waals surface area contributed by atoms with Crippen LogP contribution in [0, 0.1) is 0 Å². The van der Waals surface area contributed by atoms with Crippen molar-refractivity contribution in [2.24, 2.45) is 5.84 Å². The van der Waals surface area contributed by atoms with Crippen molar-refractivity contribution in [3.63, 3.8) is 0 Å². The molecule has 0 aromatic heterocycles. The average molecular weight is 262 g/mol. The van der Waals surface area contributed by atoms with E-state index in [2.05, 4.69) is 27.4 Å². The van der Waals surface area contributed by atoms with Gasteiger partial charge < -0.3 is 4.74 Å². The Morgan fingerprint density at radius 2 is 1.89 bits per heavy atom. The largest absolute Gasteiger partial charge is 0.497 e. The molecule has 4 rings (SSSR count). The zero-order valence-corrected chi connectivity index (χ0v) is 11.4. The molecule has 2 unspecified atom stereocenters. The first-order valence-corrected chi connectivity index (χ1v) is 6.88. The summed E-state index contributed by atoms with van der Waals surface area (Å²) in [5, 5.41) is 0. The van der Waals surface area contributed by atoms with Gasteiger partial charge in [0.05, 0.1) is 13.2 Å². The topological polar surface area (TPSA) is 53.8 Å². The van der Waals surface area contributed by atoms with E-state index in [0.29, 0.717) is 6.04 Å². The van der Waals surface area contributed by atoms with Crippen LogP contribution >= 0.6 is 0 Å². The number of rotatable bonds is 4. The molecule has 0 radical (unpaired) electrons. The third kappa shape index (κ3) is 2.47. The minimum Gasteiger partial charge on any atom is -0.497 e. The van der Waals surface area contributed by atoms with Crippen LogP contribution in [0.3, 0.4) is 0 Å². The highest BCUT2D eigenvalue weighted by Crippen LogP contribution is 2.27. The molecule has 5 nitrogen and oxygen atoms in total. The van der Waals surface area contributed by atoms with E-state index < -0.39 is 0 Å². The third-order valence-electron chi connectivity index (χ3n) is 4.36. The number of nitrogens with one attached hydrogen (secondary N) is 1. The molecule has 3 heterocycles. The third-order valence-corrected chi connectivity index (χ3v) is 4.36. The number of nitrogens with zero attached hydrogens (tertiary/aromatic N) is 2. The van der Waals surface area contributed by atoms with Crippen molar-refractivity contribution in [2.75, 3.05) is 39.8 Å². The first kappa shape index (κ1) is 12.9. The second kappa shape index (κ2) is 5.46. The van der Waals surface area contributed by atoms with E-state index in [1.54, 1.807) is 7.11 Å². The molecule has 2 bridgehead atoms. The van der Waals surface area contributed by atoms with E-state index >= 15 is 0 Å². The zero-order chi connectivity index (χ0) is 13.2. The van der Waals surface area contributed by atoms with Gasteiger partial charge in [0.15, 0.2) is 0 Å². The Bertz CT molecular complexity index is 414. The summed E-state index contributed by atoms with van der Waals surface area (Å²) < 4.78 is 5.21. The normalized spacial score (nSPS) is 31.2. The number of benzene rings is 1. The molecular formula is C14H22N4O. The lowest BCUT2D eigenvalue weighted by molar-refractivity contribution is -0.00369. The Kier molecular flexibility index (Phi) is 3.70. The summed E-state index contributed by atoms with van der Waals surface area (Å²) in [5.74, 6) is 6.69. The van der Waals surface area contributed by atoms with Crippen molar-refractivity contribution in [2.45, 2.75) is 12.1 Å². The lowest BCUT2D eigenvalue weighted by Gasteiger charge is -2.50. The fraction of sp³-hybridized carbons (Fsp3) is 0.571. The average Bonchev–Trinajstić information content (AvgIpc) is 2.50. The maximum absolute atomic E-state index is 5.81. The summed E-state index contributed by atoms with van der Waals surface area (Å²) in [6.07, 6.45) is 0. The van der Waals surface area contributed by atoms with Gasteiger partial charge in [-0.05, 0) is 17.7 Å². The van der Waals surface area contributed by atoms with Crippen LogP contribution in [0.2, 0.25) is 0 Å². The number of hydrogen-bond acceptors (Lipinski definition) is 5. The highest BCUT2D eigenvalue weighted by Gasteiger charge is 2.36. The molecule has 19 heavy (non-hydrogen) atoms. The number of nitrogens with two attached hydrogens (primary N) is 1. The van der Waals surface area contributed by atoms with Gasteiger partial charge in [-0.25, -0.2) is 0 Å². The van der Waals surface area contributed by atoms with Gasteiger partial charge in [0.2, 0.25) is 0 Å². The molecule has 3 fully saturated rings. The highest BCUT2D eigenvalue weighted by atomic mass is 16.5. The quantitative estimate of drug-likeness (QED) is 0.600. The number of ether oxygens (including phenoxy) is 1. The molecule has 3 saturated heterocycles. The van der Waals surface area contributed by atoms with E-state index in [-0.39, 0.29) is 6.04 Å². The van der Waals surface area contributed by atoms with Crippen LogP contribution in [0.4, 0.5) is 0 Å². The standard InChI is InChI=1S/C14H22N4O/c1-19-12-4-2-11(3-5-12)14(16-15)13-10-17-6-8-18(13)9-7-17/h2-5,13-14,16H,6-10,15H2,1H3. The molecule has 0 saturated carbocycles. The summed E-state index contributed by atoms with van der Waals surface area (Å²) in [4.78, 5) is 5.08. The molecule has 3 aliphatic rings. The Morgan fingerprint density at radius 1 is 1.21 bits per heavy atom. The van der Waals surface area contributed by atoms with E-state index in [9.17, 15) is 0 Å². The van der Waals surface area contributed by atoms with Crippen LogP contribution in [0.1, 0.15) is 11.6 Å². The maximum atomic E-state index is 5.81. The van der Waals surface area contributed by atoms with E-state index in [1.165, 1.54) is 18.7 Å². The summed E-state index contributed by atoms with van der Waals surface area (Å²) in [6.45, 7) is 5.78. The fourth-order valence-corrected chi connectivity index (χ4v) is 3.21. The molecule has 0 spiro atoms. The molecule has 0 aliphatic carbocycles. The second-order valence-corrected chi connectivity index (χ2v) is 5.32. The van der Waals surface area contributed by atoms with Crippen LogP contribution in [0.25, 0.3) is 0 Å². The first-order valence-electron chi connectivity index (χ1n) is 6.88. The number of fused-ring (bicyclic) bond motifs is 3. The van der Waals surface area contributed by atoms with Crippen molar-refractivity contribution in [1.29, 1.82) is 0 Å². The smallest absolute Gasteiger partial charge is 0.118 e. The minimum absolute atomic E-state index is 0.175. The monoisotopic (exact) mass is 262 g/mol. The maximum Gasteiger partial charge on any atom is 0.118 e. The predicted octanol–water partition coefficient (Wildman–Crippen LogP) is 0.199. The van der Waals surface area contributed by atoms with Gasteiger partial charge in [-0.3, -0.25) is 21.1 Å². The predicted molar refractivity (Wildman–Crippen MR) is 74.9 cm³/mol. The summed E-state index contributed by atoms with van der Waals surface area (Å²) >= 11 is 0. The second-order valence-electron chi connectivity index (χ2n) is 5.32. The summed E-state index contributed by atoms with van der Waals surface area (Å²) in [7, 11) is 1.69. The molecule has 0 amide bonds. The van der Waals surface area contributed by atoms with Crippen LogP contribution in [0.15, 0.2) is 24.3 Å². The van der Waals surface area contributed by atoms with Crippen molar-refractivity contribution < 1.29 is 4.74 Å². The molecular weight excluding hydrogens is 240 g/mol. The van der Waals surface area contributed by atoms with Crippen molar-refractivity contribution >= 4 is 0 Å². The van der Waals surface area contributed by atoms with Crippen molar-refractivity contribution in [3.05, 3.63) is 29.8 Å². The van der Waals surface area contributed by atoms with Gasteiger partial charge in [0, 0.05) is 38.8 Å². The molecule has 1 aromatic carbocycles. The zero-order valence-electron chi connectivity index (χ0n) is 11.4. The van der Waals surface area contributed by atoms with Gasteiger partial charge in [-0.2, -0.15) is 0 Å². The van der Waals surface area contributed by atoms with Gasteiger partial charge in [0.25, 0.3) is 0 Å². The molecule has 1 aromatic rings. The molecule has 3 aliphatic heterocycles. The van der Waals surface area contributed by atoms with Crippen LogP contribution in [-0.2, 0) is 0 Å². The summed E-state index contributed by atoms with van der Waals surface area (Å²) in [5.41, 5.74) is 4.23. The molecule has 2 atom stereocenters. The number of piperazine rings is 3. The summed E-state index contributed by atoms with van der Waals surface area (Å²) in [6, 6.07) is 8.83. The van der Waals surface area contributed by atoms with Crippen molar-refractivity contribution in [1.82, 2.24) is 15.2 Å². The first-order chi connectivity index (χ1) is 9.31. The molecule has 5 heteroatoms. The lowest BCUT2D eigenvalue weighted by atomic mass is 9.94. The van der Waals surface area contributed by atoms with Crippen LogP contribution in [-0.4, -0.2) is 55.7 Å². The number of hydrazine groups is 1. The van der Waals surface area contributed by atoms with Gasteiger partial charge >= 0.3 is 0 Å².